The maximum Gasteiger partial charge on any atom is 0.328 e. The highest BCUT2D eigenvalue weighted by Crippen LogP contribution is 2.30. The van der Waals surface area contributed by atoms with Crippen molar-refractivity contribution in [1.29, 1.82) is 0 Å². The van der Waals surface area contributed by atoms with Crippen LogP contribution in [0, 0.1) is 0 Å². The van der Waals surface area contributed by atoms with E-state index in [1.165, 1.54) is 7.11 Å². The molecule has 0 fully saturated rings. The van der Waals surface area contributed by atoms with Crippen molar-refractivity contribution < 1.29 is 18.7 Å². The fourth-order valence-corrected chi connectivity index (χ4v) is 3.61. The van der Waals surface area contributed by atoms with E-state index in [0.717, 1.165) is 32.9 Å². The van der Waals surface area contributed by atoms with Gasteiger partial charge in [-0.25, -0.2) is 4.79 Å². The summed E-state index contributed by atoms with van der Waals surface area (Å²) in [7, 11) is 1.32. The number of carbonyl (C=O) groups is 2. The lowest BCUT2D eigenvalue weighted by Crippen LogP contribution is -2.43. The van der Waals surface area contributed by atoms with E-state index in [2.05, 4.69) is 5.32 Å². The third-order valence-electron chi connectivity index (χ3n) is 4.99. The summed E-state index contributed by atoms with van der Waals surface area (Å²) >= 11 is 0. The second-order valence-corrected chi connectivity index (χ2v) is 6.93. The number of esters is 1. The molecule has 146 valence electrons. The van der Waals surface area contributed by atoms with Crippen molar-refractivity contribution >= 4 is 33.6 Å². The molecule has 0 aliphatic rings. The van der Waals surface area contributed by atoms with Gasteiger partial charge in [0.15, 0.2) is 0 Å². The van der Waals surface area contributed by atoms with Crippen molar-refractivity contribution in [3.8, 4) is 0 Å². The normalized spacial score (nSPS) is 12.0. The van der Waals surface area contributed by atoms with Gasteiger partial charge in [-0.05, 0) is 22.4 Å². The molecule has 1 amide bonds. The van der Waals surface area contributed by atoms with E-state index in [1.807, 2.05) is 66.7 Å². The minimum atomic E-state index is -0.746. The zero-order valence-electron chi connectivity index (χ0n) is 16.1. The molecule has 0 aliphatic carbocycles. The lowest BCUT2D eigenvalue weighted by molar-refractivity contribution is -0.145. The smallest absolute Gasteiger partial charge is 0.328 e. The van der Waals surface area contributed by atoms with Crippen LogP contribution < -0.4 is 5.32 Å². The van der Waals surface area contributed by atoms with E-state index in [9.17, 15) is 9.59 Å². The number of furan rings is 1. The number of hydrogen-bond acceptors (Lipinski definition) is 4. The largest absolute Gasteiger partial charge is 0.467 e. The number of methoxy groups -OCH3 is 1. The van der Waals surface area contributed by atoms with Crippen LogP contribution in [0.5, 0.6) is 0 Å². The van der Waals surface area contributed by atoms with Crippen molar-refractivity contribution in [3.05, 3.63) is 84.1 Å². The van der Waals surface area contributed by atoms with Gasteiger partial charge >= 0.3 is 5.97 Å². The zero-order chi connectivity index (χ0) is 20.2. The maximum absolute atomic E-state index is 12.8. The number of nitrogens with one attached hydrogen (secondary N) is 1. The average Bonchev–Trinajstić information content (AvgIpc) is 3.16. The lowest BCUT2D eigenvalue weighted by atomic mass is 10.0. The Hall–Kier alpha value is -3.60. The van der Waals surface area contributed by atoms with Crippen molar-refractivity contribution in [2.45, 2.75) is 18.9 Å². The number of benzene rings is 3. The summed E-state index contributed by atoms with van der Waals surface area (Å²) in [4.78, 5) is 24.9. The summed E-state index contributed by atoms with van der Waals surface area (Å²) in [5, 5.41) is 5.86. The number of rotatable bonds is 6. The molecule has 1 atom stereocenters. The SMILES string of the molecule is COC(=O)C(Cc1ccccc1)NC(=O)Cc1coc2ccc3ccccc3c12. The predicted molar refractivity (Wildman–Crippen MR) is 112 cm³/mol. The second kappa shape index (κ2) is 8.19. The molecule has 0 saturated carbocycles. The number of carbonyl (C=O) groups excluding carboxylic acids is 2. The highest BCUT2D eigenvalue weighted by Gasteiger charge is 2.23. The third-order valence-corrected chi connectivity index (χ3v) is 4.99. The Morgan fingerprint density at radius 2 is 1.76 bits per heavy atom. The molecule has 29 heavy (non-hydrogen) atoms. The van der Waals surface area contributed by atoms with Gasteiger partial charge in [0.2, 0.25) is 5.91 Å². The van der Waals surface area contributed by atoms with E-state index in [4.69, 9.17) is 9.15 Å². The predicted octanol–water partition coefficient (Wildman–Crippen LogP) is 4.03. The van der Waals surface area contributed by atoms with Crippen LogP contribution in [0.2, 0.25) is 0 Å². The first-order chi connectivity index (χ1) is 14.2. The molecule has 0 spiro atoms. The van der Waals surface area contributed by atoms with Gasteiger partial charge < -0.3 is 14.5 Å². The molecule has 4 aromatic rings. The molecule has 0 aliphatic heterocycles. The van der Waals surface area contributed by atoms with Gasteiger partial charge in [0, 0.05) is 17.4 Å². The Bertz CT molecular complexity index is 1160. The molecular formula is C24H21NO4. The van der Waals surface area contributed by atoms with Gasteiger partial charge in [0.05, 0.1) is 19.8 Å². The molecule has 0 radical (unpaired) electrons. The quantitative estimate of drug-likeness (QED) is 0.507. The van der Waals surface area contributed by atoms with Crippen LogP contribution in [0.3, 0.4) is 0 Å². The van der Waals surface area contributed by atoms with Gasteiger partial charge in [-0.3, -0.25) is 4.79 Å². The molecule has 1 heterocycles. The summed E-state index contributed by atoms with van der Waals surface area (Å²) < 4.78 is 10.5. The van der Waals surface area contributed by atoms with Gasteiger partial charge in [-0.15, -0.1) is 0 Å². The summed E-state index contributed by atoms with van der Waals surface area (Å²) in [6, 6.07) is 20.7. The highest BCUT2D eigenvalue weighted by molar-refractivity contribution is 6.08. The Balaban J connectivity index is 1.56. The summed E-state index contributed by atoms with van der Waals surface area (Å²) in [5.41, 5.74) is 2.47. The van der Waals surface area contributed by atoms with Crippen LogP contribution >= 0.6 is 0 Å². The monoisotopic (exact) mass is 387 g/mol. The van der Waals surface area contributed by atoms with Gasteiger partial charge in [-0.2, -0.15) is 0 Å². The van der Waals surface area contributed by atoms with Gasteiger partial charge in [-0.1, -0.05) is 60.7 Å². The van der Waals surface area contributed by atoms with E-state index < -0.39 is 12.0 Å². The zero-order valence-corrected chi connectivity index (χ0v) is 16.1. The molecule has 3 aromatic carbocycles. The van der Waals surface area contributed by atoms with Crippen LogP contribution in [0.1, 0.15) is 11.1 Å². The first kappa shape index (κ1) is 18.7. The van der Waals surface area contributed by atoms with E-state index in [-0.39, 0.29) is 12.3 Å². The maximum atomic E-state index is 12.8. The van der Waals surface area contributed by atoms with Crippen molar-refractivity contribution in [2.75, 3.05) is 7.11 Å². The topological polar surface area (TPSA) is 68.5 Å². The standard InChI is InChI=1S/C24H21NO4/c1-28-24(27)20(13-16-7-3-2-4-8-16)25-22(26)14-18-15-29-21-12-11-17-9-5-6-10-19(17)23(18)21/h2-12,15,20H,13-14H2,1H3,(H,25,26). The molecule has 1 N–H and O–H groups in total. The summed E-state index contributed by atoms with van der Waals surface area (Å²) in [5.74, 6) is -0.725. The van der Waals surface area contributed by atoms with Crippen LogP contribution in [-0.4, -0.2) is 25.0 Å². The third kappa shape index (κ3) is 3.99. The average molecular weight is 387 g/mol. The lowest BCUT2D eigenvalue weighted by Gasteiger charge is -2.16. The number of fused-ring (bicyclic) bond motifs is 3. The van der Waals surface area contributed by atoms with Crippen LogP contribution in [0.25, 0.3) is 21.7 Å². The van der Waals surface area contributed by atoms with Crippen molar-refractivity contribution in [2.24, 2.45) is 0 Å². The fourth-order valence-electron chi connectivity index (χ4n) is 3.61. The fraction of sp³-hybridized carbons (Fsp3) is 0.167. The minimum Gasteiger partial charge on any atom is -0.467 e. The minimum absolute atomic E-state index is 0.114. The van der Waals surface area contributed by atoms with E-state index in [1.54, 1.807) is 6.26 Å². The van der Waals surface area contributed by atoms with Crippen molar-refractivity contribution in [3.63, 3.8) is 0 Å². The molecule has 5 nitrogen and oxygen atoms in total. The highest BCUT2D eigenvalue weighted by atomic mass is 16.5. The Labute approximate surface area is 168 Å². The molecule has 1 unspecified atom stereocenters. The molecular weight excluding hydrogens is 366 g/mol. The Morgan fingerprint density at radius 1 is 1.00 bits per heavy atom. The van der Waals surface area contributed by atoms with Crippen LogP contribution in [0.4, 0.5) is 0 Å². The Morgan fingerprint density at radius 3 is 2.55 bits per heavy atom. The summed E-state index contributed by atoms with van der Waals surface area (Å²) in [6.45, 7) is 0. The van der Waals surface area contributed by atoms with Crippen LogP contribution in [-0.2, 0) is 27.2 Å². The van der Waals surface area contributed by atoms with Crippen molar-refractivity contribution in [1.82, 2.24) is 5.32 Å². The van der Waals surface area contributed by atoms with E-state index in [0.29, 0.717) is 6.42 Å². The molecule has 1 aromatic heterocycles. The van der Waals surface area contributed by atoms with Gasteiger partial charge in [0.1, 0.15) is 11.6 Å². The molecule has 0 saturated heterocycles. The number of amides is 1. The molecule has 0 bridgehead atoms. The van der Waals surface area contributed by atoms with Crippen LogP contribution in [0.15, 0.2) is 77.4 Å². The molecule has 5 heteroatoms. The van der Waals surface area contributed by atoms with Gasteiger partial charge in [0.25, 0.3) is 0 Å². The van der Waals surface area contributed by atoms with E-state index >= 15 is 0 Å². The molecule has 4 rings (SSSR count). The Kier molecular flexibility index (Phi) is 5.29. The summed E-state index contributed by atoms with van der Waals surface area (Å²) in [6.07, 6.45) is 2.10. The number of hydrogen-bond donors (Lipinski definition) is 1. The first-order valence-corrected chi connectivity index (χ1v) is 9.44. The second-order valence-electron chi connectivity index (χ2n) is 6.93. The first-order valence-electron chi connectivity index (χ1n) is 9.44. The number of ether oxygens (including phenoxy) is 1.